The number of nitrogens with zero attached hydrogens (tertiary/aromatic N) is 3. The van der Waals surface area contributed by atoms with E-state index in [1.54, 1.807) is 24.6 Å². The third-order valence-electron chi connectivity index (χ3n) is 5.22. The van der Waals surface area contributed by atoms with Gasteiger partial charge in [0.05, 0.1) is 34.6 Å². The Morgan fingerprint density at radius 2 is 2.13 bits per heavy atom. The third kappa shape index (κ3) is 3.55. The lowest BCUT2D eigenvalue weighted by atomic mass is 10.0. The van der Waals surface area contributed by atoms with Crippen molar-refractivity contribution in [2.75, 3.05) is 13.7 Å². The summed E-state index contributed by atoms with van der Waals surface area (Å²) in [6, 6.07) is 7.91. The lowest BCUT2D eigenvalue weighted by molar-refractivity contribution is 0.0374. The van der Waals surface area contributed by atoms with E-state index in [-0.39, 0.29) is 6.61 Å². The third-order valence-corrected chi connectivity index (χ3v) is 6.50. The van der Waals surface area contributed by atoms with Gasteiger partial charge in [-0.1, -0.05) is 0 Å². The van der Waals surface area contributed by atoms with Gasteiger partial charge in [-0.25, -0.2) is 19.7 Å². The van der Waals surface area contributed by atoms with Crippen LogP contribution in [0.25, 0.3) is 31.8 Å². The topological polar surface area (TPSA) is 83.4 Å². The van der Waals surface area contributed by atoms with Crippen molar-refractivity contribution in [2.24, 2.45) is 0 Å². The first-order chi connectivity index (χ1) is 14.8. The van der Waals surface area contributed by atoms with Gasteiger partial charge >= 0.3 is 5.43 Å². The van der Waals surface area contributed by atoms with Gasteiger partial charge in [0.15, 0.2) is 0 Å². The van der Waals surface area contributed by atoms with Gasteiger partial charge in [-0.05, 0) is 43.7 Å². The first-order valence-corrected chi connectivity index (χ1v) is 10.8. The van der Waals surface area contributed by atoms with E-state index < -0.39 is 11.0 Å². The predicted molar refractivity (Wildman–Crippen MR) is 119 cm³/mol. The first kappa shape index (κ1) is 20.0. The number of rotatable bonds is 4. The summed E-state index contributed by atoms with van der Waals surface area (Å²) in [4.78, 5) is 25.0. The number of methoxy groups -OCH3 is 1. The Balaban J connectivity index is 1.60. The molecule has 3 heterocycles. The number of hydrogen-bond donors (Lipinski definition) is 0. The maximum Gasteiger partial charge on any atom is 0.403 e. The molecule has 0 bridgehead atoms. The average Bonchev–Trinajstić information content (AvgIpc) is 3.32. The average molecular weight is 456 g/mol. The van der Waals surface area contributed by atoms with E-state index >= 15 is 0 Å². The highest BCUT2D eigenvalue weighted by Crippen LogP contribution is 2.44. The number of aromatic nitrogens is 3. The SMILES string of the molecule is COc1cnc2c(-c3nc4ccc5c(c4s3)C[C@](C)(COC(=O)Cl)O5)cc(C)cc2n1. The van der Waals surface area contributed by atoms with Crippen LogP contribution in [0.2, 0.25) is 0 Å². The molecule has 0 N–H and O–H groups in total. The number of benzene rings is 2. The Labute approximate surface area is 187 Å². The van der Waals surface area contributed by atoms with Crippen LogP contribution >= 0.6 is 22.9 Å². The van der Waals surface area contributed by atoms with Crippen LogP contribution in [0.1, 0.15) is 18.1 Å². The maximum atomic E-state index is 11.0. The molecule has 31 heavy (non-hydrogen) atoms. The maximum absolute atomic E-state index is 11.0. The molecule has 2 aromatic heterocycles. The van der Waals surface area contributed by atoms with Crippen molar-refractivity contribution in [3.8, 4) is 22.2 Å². The predicted octanol–water partition coefficient (Wildman–Crippen LogP) is 5.29. The van der Waals surface area contributed by atoms with E-state index in [0.717, 1.165) is 48.7 Å². The van der Waals surface area contributed by atoms with Crippen molar-refractivity contribution in [1.29, 1.82) is 0 Å². The molecule has 0 spiro atoms. The van der Waals surface area contributed by atoms with Crippen LogP contribution in [0.4, 0.5) is 4.79 Å². The van der Waals surface area contributed by atoms with Crippen LogP contribution in [-0.2, 0) is 11.2 Å². The van der Waals surface area contributed by atoms with Crippen molar-refractivity contribution in [2.45, 2.75) is 25.9 Å². The number of carbonyl (C=O) groups is 1. The molecule has 2 aromatic carbocycles. The highest BCUT2D eigenvalue weighted by Gasteiger charge is 2.38. The second kappa shape index (κ2) is 7.32. The summed E-state index contributed by atoms with van der Waals surface area (Å²) in [5.41, 5.74) is 3.97. The first-order valence-electron chi connectivity index (χ1n) is 9.61. The normalized spacial score (nSPS) is 17.5. The lowest BCUT2D eigenvalue weighted by Crippen LogP contribution is -2.36. The molecule has 9 heteroatoms. The van der Waals surface area contributed by atoms with Gasteiger partial charge in [0.2, 0.25) is 5.88 Å². The van der Waals surface area contributed by atoms with Gasteiger partial charge in [-0.2, -0.15) is 0 Å². The fourth-order valence-corrected chi connectivity index (χ4v) is 5.05. The summed E-state index contributed by atoms with van der Waals surface area (Å²) in [7, 11) is 1.57. The molecule has 0 radical (unpaired) electrons. The fraction of sp³-hybridized carbons (Fsp3) is 0.273. The zero-order valence-corrected chi connectivity index (χ0v) is 18.6. The molecule has 0 saturated carbocycles. The van der Waals surface area contributed by atoms with Gasteiger partial charge in [0.25, 0.3) is 0 Å². The minimum atomic E-state index is -0.838. The van der Waals surface area contributed by atoms with E-state index in [1.165, 1.54) is 0 Å². The zero-order chi connectivity index (χ0) is 21.8. The molecular formula is C22H18ClN3O4S. The van der Waals surface area contributed by atoms with E-state index in [1.807, 2.05) is 32.0 Å². The molecule has 0 saturated heterocycles. The Kier molecular flexibility index (Phi) is 4.71. The number of thiazole rings is 1. The fourth-order valence-electron chi connectivity index (χ4n) is 3.88. The van der Waals surface area contributed by atoms with Gasteiger partial charge < -0.3 is 14.2 Å². The van der Waals surface area contributed by atoms with Crippen molar-refractivity contribution in [3.05, 3.63) is 41.6 Å². The Bertz CT molecular complexity index is 1360. The minimum absolute atomic E-state index is 0.0805. The number of aryl methyl sites for hydroxylation is 1. The molecular weight excluding hydrogens is 438 g/mol. The summed E-state index contributed by atoms with van der Waals surface area (Å²) in [5.74, 6) is 1.25. The molecule has 5 rings (SSSR count). The Morgan fingerprint density at radius 1 is 1.29 bits per heavy atom. The molecule has 0 fully saturated rings. The lowest BCUT2D eigenvalue weighted by Gasteiger charge is -2.22. The molecule has 0 unspecified atom stereocenters. The minimum Gasteiger partial charge on any atom is -0.483 e. The standard InChI is InChI=1S/C22H18ClN3O4S/c1-11-6-12(18-15(7-11)25-17(28-3)9-24-18)20-26-14-4-5-16-13(19(14)31-20)8-22(2,30-16)10-29-21(23)27/h4-7,9H,8,10H2,1-3H3/t22-/m1/s1. The molecule has 4 aromatic rings. The molecule has 1 aliphatic heterocycles. The number of hydrogen-bond acceptors (Lipinski definition) is 8. The van der Waals surface area contributed by atoms with Crippen LogP contribution in [0.3, 0.4) is 0 Å². The summed E-state index contributed by atoms with van der Waals surface area (Å²) in [6.45, 7) is 4.00. The second-order valence-electron chi connectivity index (χ2n) is 7.76. The summed E-state index contributed by atoms with van der Waals surface area (Å²) < 4.78 is 17.3. The highest BCUT2D eigenvalue weighted by molar-refractivity contribution is 7.22. The van der Waals surface area contributed by atoms with Gasteiger partial charge in [-0.15, -0.1) is 11.3 Å². The van der Waals surface area contributed by atoms with E-state index in [9.17, 15) is 4.79 Å². The van der Waals surface area contributed by atoms with Crippen molar-refractivity contribution >= 4 is 49.6 Å². The number of ether oxygens (including phenoxy) is 3. The molecule has 0 aliphatic carbocycles. The summed E-state index contributed by atoms with van der Waals surface area (Å²) >= 11 is 6.92. The number of halogens is 1. The van der Waals surface area contributed by atoms with Crippen LogP contribution in [-0.4, -0.2) is 39.7 Å². The van der Waals surface area contributed by atoms with Crippen molar-refractivity contribution in [3.63, 3.8) is 0 Å². The quantitative estimate of drug-likeness (QED) is 0.386. The Hall–Kier alpha value is -2.97. The summed E-state index contributed by atoms with van der Waals surface area (Å²) in [5, 5.41) is 0.859. The molecule has 0 amide bonds. The smallest absolute Gasteiger partial charge is 0.403 e. The van der Waals surface area contributed by atoms with Gasteiger partial charge in [0.1, 0.15) is 23.0 Å². The van der Waals surface area contributed by atoms with Crippen molar-refractivity contribution in [1.82, 2.24) is 15.0 Å². The van der Waals surface area contributed by atoms with E-state index in [2.05, 4.69) is 16.0 Å². The number of fused-ring (bicyclic) bond motifs is 4. The van der Waals surface area contributed by atoms with Crippen LogP contribution < -0.4 is 9.47 Å². The Morgan fingerprint density at radius 3 is 2.90 bits per heavy atom. The molecule has 1 aliphatic rings. The molecule has 1 atom stereocenters. The van der Waals surface area contributed by atoms with Gasteiger partial charge in [0, 0.05) is 29.1 Å². The highest BCUT2D eigenvalue weighted by atomic mass is 35.5. The summed E-state index contributed by atoms with van der Waals surface area (Å²) in [6.07, 6.45) is 2.21. The van der Waals surface area contributed by atoms with E-state index in [4.69, 9.17) is 30.8 Å². The van der Waals surface area contributed by atoms with Crippen LogP contribution in [0, 0.1) is 6.92 Å². The second-order valence-corrected chi connectivity index (χ2v) is 9.06. The molecule has 158 valence electrons. The van der Waals surface area contributed by atoms with Crippen LogP contribution in [0.15, 0.2) is 30.5 Å². The van der Waals surface area contributed by atoms with Gasteiger partial charge in [-0.3, -0.25) is 0 Å². The van der Waals surface area contributed by atoms with Crippen LogP contribution in [0.5, 0.6) is 11.6 Å². The molecule has 7 nitrogen and oxygen atoms in total. The van der Waals surface area contributed by atoms with Crippen molar-refractivity contribution < 1.29 is 19.0 Å². The zero-order valence-electron chi connectivity index (χ0n) is 17.1. The van der Waals surface area contributed by atoms with E-state index in [0.29, 0.717) is 12.3 Å². The number of carbonyl (C=O) groups excluding carboxylic acids is 1. The monoisotopic (exact) mass is 455 g/mol. The largest absolute Gasteiger partial charge is 0.483 e.